The Morgan fingerprint density at radius 3 is 2.48 bits per heavy atom. The molecule has 0 unspecified atom stereocenters. The van der Waals surface area contributed by atoms with Gasteiger partial charge in [-0.05, 0) is 30.4 Å². The van der Waals surface area contributed by atoms with Crippen LogP contribution in [0.25, 0.3) is 11.3 Å². The maximum absolute atomic E-state index is 13.2. The van der Waals surface area contributed by atoms with E-state index in [2.05, 4.69) is 15.2 Å². The number of hydrogen-bond donors (Lipinski definition) is 0. The fraction of sp³-hybridized carbons (Fsp3) is 0.304. The van der Waals surface area contributed by atoms with Crippen LogP contribution < -0.4 is 9.64 Å². The van der Waals surface area contributed by atoms with E-state index in [4.69, 9.17) is 4.74 Å². The quantitative estimate of drug-likeness (QED) is 0.429. The Hall–Kier alpha value is -3.14. The van der Waals surface area contributed by atoms with Gasteiger partial charge in [0, 0.05) is 17.5 Å². The molecule has 10 heteroatoms. The second-order valence-electron chi connectivity index (χ2n) is 7.30. The molecule has 0 saturated heterocycles. The van der Waals surface area contributed by atoms with Gasteiger partial charge >= 0.3 is 6.18 Å². The first kappa shape index (κ1) is 23.0. The molecule has 2 aromatic carbocycles. The maximum Gasteiger partial charge on any atom is 0.416 e. The van der Waals surface area contributed by atoms with Crippen molar-refractivity contribution in [3.05, 3.63) is 59.7 Å². The van der Waals surface area contributed by atoms with Gasteiger partial charge in [0.15, 0.2) is 5.69 Å². The Bertz CT molecular complexity index is 1160. The van der Waals surface area contributed by atoms with Crippen molar-refractivity contribution in [2.75, 3.05) is 10.7 Å². The Morgan fingerprint density at radius 1 is 1.09 bits per heavy atom. The number of aromatic nitrogens is 3. The molecule has 6 nitrogen and oxygen atoms in total. The fourth-order valence-electron chi connectivity index (χ4n) is 3.56. The number of halogens is 3. The third-order valence-corrected chi connectivity index (χ3v) is 5.76. The van der Waals surface area contributed by atoms with Gasteiger partial charge in [0.1, 0.15) is 0 Å². The van der Waals surface area contributed by atoms with Crippen LogP contribution in [-0.4, -0.2) is 26.8 Å². The summed E-state index contributed by atoms with van der Waals surface area (Å²) in [4.78, 5) is 19.2. The number of rotatable bonds is 5. The number of anilines is 1. The zero-order chi connectivity index (χ0) is 23.6. The van der Waals surface area contributed by atoms with Crippen molar-refractivity contribution < 1.29 is 22.7 Å². The molecular formula is C23H21F3N4O2S. The Labute approximate surface area is 193 Å². The summed E-state index contributed by atoms with van der Waals surface area (Å²) in [5, 5.41) is 8.88. The summed E-state index contributed by atoms with van der Waals surface area (Å²) < 4.78 is 45.6. The van der Waals surface area contributed by atoms with Gasteiger partial charge in [-0.1, -0.05) is 55.9 Å². The molecule has 0 spiro atoms. The van der Waals surface area contributed by atoms with E-state index in [0.29, 0.717) is 34.1 Å². The van der Waals surface area contributed by atoms with Gasteiger partial charge in [-0.2, -0.15) is 18.2 Å². The molecule has 33 heavy (non-hydrogen) atoms. The zero-order valence-corrected chi connectivity index (χ0v) is 18.8. The lowest BCUT2D eigenvalue weighted by molar-refractivity contribution is -0.137. The van der Waals surface area contributed by atoms with Crippen molar-refractivity contribution in [3.8, 4) is 17.1 Å². The van der Waals surface area contributed by atoms with Crippen LogP contribution in [0.15, 0.2) is 53.7 Å². The first-order valence-electron chi connectivity index (χ1n) is 10.5. The number of carbonyl (C=O) groups excluding carboxylic acids is 1. The average molecular weight is 475 g/mol. The third kappa shape index (κ3) is 4.66. The highest BCUT2D eigenvalue weighted by atomic mass is 32.2. The Balaban J connectivity index is 1.89. The van der Waals surface area contributed by atoms with Gasteiger partial charge in [-0.15, -0.1) is 10.2 Å². The number of thioether (sulfide) groups is 1. The van der Waals surface area contributed by atoms with Gasteiger partial charge in [-0.25, -0.2) is 0 Å². The van der Waals surface area contributed by atoms with E-state index in [1.165, 1.54) is 28.8 Å². The number of fused-ring (bicyclic) bond motifs is 3. The van der Waals surface area contributed by atoms with E-state index in [9.17, 15) is 18.0 Å². The van der Waals surface area contributed by atoms with Crippen LogP contribution in [0.2, 0.25) is 0 Å². The topological polar surface area (TPSA) is 68.2 Å². The monoisotopic (exact) mass is 474 g/mol. The molecule has 4 rings (SSSR count). The standard InChI is InChI=1S/C23H21F3N4O2S/c1-3-7-18(31)30-17-9-6-5-8-16(17)19-20(27-22(29-28-19)33-4-2)32-21(30)14-10-12-15(13-11-14)23(24,25)26/h5-6,8-13,21H,3-4,7H2,1-2H3/t21-/m1/s1. The minimum Gasteiger partial charge on any atom is -0.447 e. The molecule has 1 amide bonds. The SMILES string of the molecule is CCCC(=O)N1c2ccccc2-c2nnc(SCC)nc2O[C@@H]1c1ccc(C(F)(F)F)cc1. The average Bonchev–Trinajstić information content (AvgIpc) is 2.93. The highest BCUT2D eigenvalue weighted by Crippen LogP contribution is 2.44. The van der Waals surface area contributed by atoms with Gasteiger partial charge in [0.2, 0.25) is 23.2 Å². The summed E-state index contributed by atoms with van der Waals surface area (Å²) in [7, 11) is 0. The summed E-state index contributed by atoms with van der Waals surface area (Å²) in [5.74, 6) is 0.671. The number of benzene rings is 2. The number of ether oxygens (including phenoxy) is 1. The summed E-state index contributed by atoms with van der Waals surface area (Å²) in [5.41, 5.74) is 1.12. The minimum absolute atomic E-state index is 0.171. The van der Waals surface area contributed by atoms with Gasteiger partial charge < -0.3 is 4.74 Å². The van der Waals surface area contributed by atoms with E-state index >= 15 is 0 Å². The number of amides is 1. The van der Waals surface area contributed by atoms with Crippen LogP contribution >= 0.6 is 11.8 Å². The van der Waals surface area contributed by atoms with E-state index in [1.54, 1.807) is 24.3 Å². The van der Waals surface area contributed by atoms with Crippen LogP contribution in [0.3, 0.4) is 0 Å². The molecule has 0 radical (unpaired) electrons. The van der Waals surface area contributed by atoms with E-state index < -0.39 is 18.0 Å². The molecule has 2 heterocycles. The van der Waals surface area contributed by atoms with Gasteiger partial charge in [0.25, 0.3) is 0 Å². The van der Waals surface area contributed by atoms with Crippen molar-refractivity contribution in [1.29, 1.82) is 0 Å². The normalized spacial score (nSPS) is 15.3. The molecule has 1 aliphatic heterocycles. The molecule has 0 aliphatic carbocycles. The predicted octanol–water partition coefficient (Wildman–Crippen LogP) is 5.89. The zero-order valence-electron chi connectivity index (χ0n) is 18.0. The lowest BCUT2D eigenvalue weighted by Gasteiger charge is -2.31. The van der Waals surface area contributed by atoms with Crippen LogP contribution in [0.1, 0.15) is 44.0 Å². The number of nitrogens with zero attached hydrogens (tertiary/aromatic N) is 4. The highest BCUT2D eigenvalue weighted by Gasteiger charge is 2.36. The molecule has 172 valence electrons. The second-order valence-corrected chi connectivity index (χ2v) is 8.53. The molecule has 1 aliphatic rings. The van der Waals surface area contributed by atoms with Crippen molar-refractivity contribution >= 4 is 23.4 Å². The maximum atomic E-state index is 13.2. The highest BCUT2D eigenvalue weighted by molar-refractivity contribution is 7.99. The fourth-order valence-corrected chi connectivity index (χ4v) is 4.07. The van der Waals surface area contributed by atoms with Crippen LogP contribution in [-0.2, 0) is 11.0 Å². The summed E-state index contributed by atoms with van der Waals surface area (Å²) in [6, 6.07) is 11.7. The smallest absolute Gasteiger partial charge is 0.416 e. The predicted molar refractivity (Wildman–Crippen MR) is 119 cm³/mol. The summed E-state index contributed by atoms with van der Waals surface area (Å²) in [6.45, 7) is 3.83. The number of carbonyl (C=O) groups is 1. The van der Waals surface area contributed by atoms with E-state index in [1.807, 2.05) is 13.8 Å². The van der Waals surface area contributed by atoms with Crippen molar-refractivity contribution in [2.45, 2.75) is 44.2 Å². The van der Waals surface area contributed by atoms with E-state index in [0.717, 1.165) is 17.9 Å². The number of hydrogen-bond acceptors (Lipinski definition) is 6. The third-order valence-electron chi connectivity index (χ3n) is 5.04. The van der Waals surface area contributed by atoms with E-state index in [-0.39, 0.29) is 18.2 Å². The largest absolute Gasteiger partial charge is 0.447 e. The van der Waals surface area contributed by atoms with Gasteiger partial charge in [-0.3, -0.25) is 9.69 Å². The molecule has 3 aromatic rings. The summed E-state index contributed by atoms with van der Waals surface area (Å²) in [6.07, 6.45) is -4.66. The minimum atomic E-state index is -4.47. The first-order chi connectivity index (χ1) is 15.8. The lowest BCUT2D eigenvalue weighted by atomic mass is 10.1. The molecule has 1 aromatic heterocycles. The number of alkyl halides is 3. The number of para-hydroxylation sites is 1. The lowest BCUT2D eigenvalue weighted by Crippen LogP contribution is -2.37. The van der Waals surface area contributed by atoms with Crippen LogP contribution in [0.4, 0.5) is 18.9 Å². The van der Waals surface area contributed by atoms with Crippen molar-refractivity contribution in [2.24, 2.45) is 0 Å². The second kappa shape index (κ2) is 9.38. The van der Waals surface area contributed by atoms with Crippen LogP contribution in [0, 0.1) is 0 Å². The molecule has 1 atom stereocenters. The van der Waals surface area contributed by atoms with Gasteiger partial charge in [0.05, 0.1) is 11.3 Å². The Kier molecular flexibility index (Phi) is 6.55. The molecule has 0 fully saturated rings. The van der Waals surface area contributed by atoms with Crippen LogP contribution in [0.5, 0.6) is 5.88 Å². The molecule has 0 N–H and O–H groups in total. The summed E-state index contributed by atoms with van der Waals surface area (Å²) >= 11 is 1.38. The molecule has 0 bridgehead atoms. The first-order valence-corrected chi connectivity index (χ1v) is 11.4. The Morgan fingerprint density at radius 2 is 1.82 bits per heavy atom. The van der Waals surface area contributed by atoms with Crippen molar-refractivity contribution in [3.63, 3.8) is 0 Å². The van der Waals surface area contributed by atoms with Crippen molar-refractivity contribution in [1.82, 2.24) is 15.2 Å². The molecule has 0 saturated carbocycles. The molecular weight excluding hydrogens is 453 g/mol.